The first-order valence-corrected chi connectivity index (χ1v) is 4.39. The normalized spacial score (nSPS) is 18.8. The first-order chi connectivity index (χ1) is 6.45. The SMILES string of the molecule is C1=NC2=c3cc[nH]c3=CCC2=NC1. The van der Waals surface area contributed by atoms with Crippen LogP contribution >= 0.6 is 0 Å². The summed E-state index contributed by atoms with van der Waals surface area (Å²) < 4.78 is 0. The molecule has 64 valence electrons. The third kappa shape index (κ3) is 0.900. The second-order valence-electron chi connectivity index (χ2n) is 3.16. The number of H-pyrrole nitrogens is 1. The first-order valence-electron chi connectivity index (χ1n) is 4.39. The molecule has 3 nitrogen and oxygen atoms in total. The third-order valence-corrected chi connectivity index (χ3v) is 2.39. The van der Waals surface area contributed by atoms with Gasteiger partial charge in [-0.3, -0.25) is 9.98 Å². The number of fused-ring (bicyclic) bond motifs is 2. The van der Waals surface area contributed by atoms with E-state index in [9.17, 15) is 0 Å². The van der Waals surface area contributed by atoms with Gasteiger partial charge in [-0.2, -0.15) is 0 Å². The predicted octanol–water partition coefficient (Wildman–Crippen LogP) is -0.167. The van der Waals surface area contributed by atoms with Crippen molar-refractivity contribution in [2.24, 2.45) is 9.98 Å². The number of nitrogens with one attached hydrogen (secondary N) is 1. The lowest BCUT2D eigenvalue weighted by Crippen LogP contribution is -2.32. The molecule has 0 saturated heterocycles. The summed E-state index contributed by atoms with van der Waals surface area (Å²) in [6.07, 6.45) is 6.88. The summed E-state index contributed by atoms with van der Waals surface area (Å²) in [4.78, 5) is 12.0. The van der Waals surface area contributed by atoms with E-state index in [1.807, 2.05) is 12.4 Å². The predicted molar refractivity (Wildman–Crippen MR) is 53.3 cm³/mol. The van der Waals surface area contributed by atoms with Crippen LogP contribution in [0.1, 0.15) is 6.42 Å². The summed E-state index contributed by atoms with van der Waals surface area (Å²) in [5.74, 6) is 0. The van der Waals surface area contributed by atoms with E-state index in [1.165, 1.54) is 10.6 Å². The van der Waals surface area contributed by atoms with Gasteiger partial charge in [-0.05, 0) is 6.07 Å². The summed E-state index contributed by atoms with van der Waals surface area (Å²) in [5, 5.41) is 2.36. The van der Waals surface area contributed by atoms with Crippen molar-refractivity contribution >= 4 is 23.7 Å². The van der Waals surface area contributed by atoms with Crippen LogP contribution in [-0.4, -0.2) is 23.5 Å². The molecule has 0 unspecified atom stereocenters. The van der Waals surface area contributed by atoms with Gasteiger partial charge < -0.3 is 4.98 Å². The van der Waals surface area contributed by atoms with Gasteiger partial charge in [-0.15, -0.1) is 0 Å². The molecule has 1 aromatic rings. The molecule has 2 heterocycles. The second kappa shape index (κ2) is 2.42. The average Bonchev–Trinajstić information content (AvgIpc) is 2.65. The largest absolute Gasteiger partial charge is 0.361 e. The Kier molecular flexibility index (Phi) is 1.27. The van der Waals surface area contributed by atoms with E-state index in [0.717, 1.165) is 24.4 Å². The Morgan fingerprint density at radius 3 is 3.38 bits per heavy atom. The minimum absolute atomic E-state index is 0.729. The zero-order chi connectivity index (χ0) is 8.67. The maximum absolute atomic E-state index is 4.42. The molecule has 0 fully saturated rings. The van der Waals surface area contributed by atoms with Crippen molar-refractivity contribution in [1.29, 1.82) is 0 Å². The maximum Gasteiger partial charge on any atom is 0.0933 e. The van der Waals surface area contributed by atoms with Gasteiger partial charge in [0.1, 0.15) is 0 Å². The number of rotatable bonds is 0. The number of aromatic nitrogens is 1. The molecule has 3 rings (SSSR count). The van der Waals surface area contributed by atoms with Crippen molar-refractivity contribution in [1.82, 2.24) is 4.98 Å². The van der Waals surface area contributed by atoms with Crippen molar-refractivity contribution in [3.8, 4) is 0 Å². The van der Waals surface area contributed by atoms with Gasteiger partial charge in [-0.1, -0.05) is 6.08 Å². The standard InChI is InChI=1S/C10H9N3/c1-2-9-10(13-6-5-12-9)7-3-4-11-8(1)7/h1,3-4,6,11H,2,5H2. The molecule has 1 aliphatic carbocycles. The molecule has 0 aromatic carbocycles. The molecular formula is C10H9N3. The van der Waals surface area contributed by atoms with Crippen LogP contribution < -0.4 is 10.6 Å². The van der Waals surface area contributed by atoms with E-state index in [0.29, 0.717) is 0 Å². The van der Waals surface area contributed by atoms with E-state index < -0.39 is 0 Å². The lowest BCUT2D eigenvalue weighted by atomic mass is 10.1. The van der Waals surface area contributed by atoms with Crippen molar-refractivity contribution in [3.63, 3.8) is 0 Å². The molecule has 3 heteroatoms. The summed E-state index contributed by atoms with van der Waals surface area (Å²) in [6.45, 7) is 0.729. The number of nitrogens with zero attached hydrogens (tertiary/aromatic N) is 2. The highest BCUT2D eigenvalue weighted by Gasteiger charge is 2.12. The van der Waals surface area contributed by atoms with Crippen molar-refractivity contribution in [2.75, 3.05) is 6.54 Å². The van der Waals surface area contributed by atoms with Gasteiger partial charge in [0.05, 0.1) is 18.0 Å². The quantitative estimate of drug-likeness (QED) is 0.563. The lowest BCUT2D eigenvalue weighted by molar-refractivity contribution is 1.22. The minimum Gasteiger partial charge on any atom is -0.361 e. The summed E-state index contributed by atoms with van der Waals surface area (Å²) in [7, 11) is 0. The number of aromatic amines is 1. The fraction of sp³-hybridized carbons (Fsp3) is 0.200. The van der Waals surface area contributed by atoms with Gasteiger partial charge >= 0.3 is 0 Å². The van der Waals surface area contributed by atoms with Crippen LogP contribution in [0.2, 0.25) is 0 Å². The zero-order valence-electron chi connectivity index (χ0n) is 7.12. The van der Waals surface area contributed by atoms with Gasteiger partial charge in [0.2, 0.25) is 0 Å². The smallest absolute Gasteiger partial charge is 0.0933 e. The van der Waals surface area contributed by atoms with Crippen LogP contribution in [0.25, 0.3) is 11.8 Å². The molecule has 0 bridgehead atoms. The summed E-state index contributed by atoms with van der Waals surface area (Å²) in [6, 6.07) is 2.05. The lowest BCUT2D eigenvalue weighted by Gasteiger charge is -2.10. The van der Waals surface area contributed by atoms with Gasteiger partial charge in [0.15, 0.2) is 0 Å². The molecule has 0 amide bonds. The minimum atomic E-state index is 0.729. The average molecular weight is 171 g/mol. The highest BCUT2D eigenvalue weighted by Crippen LogP contribution is 2.09. The number of hydrogen-bond acceptors (Lipinski definition) is 2. The topological polar surface area (TPSA) is 40.5 Å². The highest BCUT2D eigenvalue weighted by molar-refractivity contribution is 6.22. The molecule has 1 N–H and O–H groups in total. The van der Waals surface area contributed by atoms with Crippen LogP contribution in [0.15, 0.2) is 22.2 Å². The Morgan fingerprint density at radius 1 is 1.38 bits per heavy atom. The first kappa shape index (κ1) is 6.83. The molecule has 0 spiro atoms. The molecular weight excluding hydrogens is 162 g/mol. The van der Waals surface area contributed by atoms with Crippen molar-refractivity contribution < 1.29 is 0 Å². The number of hydrogen-bond donors (Lipinski definition) is 1. The molecule has 1 aromatic heterocycles. The van der Waals surface area contributed by atoms with Crippen molar-refractivity contribution in [3.05, 3.63) is 22.8 Å². The maximum atomic E-state index is 4.42. The van der Waals surface area contributed by atoms with Crippen LogP contribution in [0, 0.1) is 0 Å². The summed E-state index contributed by atoms with van der Waals surface area (Å²) >= 11 is 0. The van der Waals surface area contributed by atoms with E-state index in [4.69, 9.17) is 0 Å². The third-order valence-electron chi connectivity index (χ3n) is 2.39. The molecule has 0 atom stereocenters. The number of aliphatic imine (C=N–C) groups is 2. The molecule has 0 saturated carbocycles. The Hall–Kier alpha value is -1.64. The zero-order valence-corrected chi connectivity index (χ0v) is 7.12. The van der Waals surface area contributed by atoms with Crippen LogP contribution in [0.3, 0.4) is 0 Å². The Labute approximate surface area is 75.2 Å². The van der Waals surface area contributed by atoms with E-state index in [1.54, 1.807) is 0 Å². The van der Waals surface area contributed by atoms with E-state index in [-0.39, 0.29) is 0 Å². The Morgan fingerprint density at radius 2 is 2.38 bits per heavy atom. The van der Waals surface area contributed by atoms with Crippen molar-refractivity contribution in [2.45, 2.75) is 6.42 Å². The fourth-order valence-electron chi connectivity index (χ4n) is 1.78. The highest BCUT2D eigenvalue weighted by atomic mass is 14.9. The van der Waals surface area contributed by atoms with Gasteiger partial charge in [-0.25, -0.2) is 0 Å². The summed E-state index contributed by atoms with van der Waals surface area (Å²) in [5.41, 5.74) is 2.17. The Balaban J connectivity index is 2.45. The van der Waals surface area contributed by atoms with Crippen LogP contribution in [-0.2, 0) is 0 Å². The van der Waals surface area contributed by atoms with Crippen LogP contribution in [0.5, 0.6) is 0 Å². The van der Waals surface area contributed by atoms with Gasteiger partial charge in [0, 0.05) is 29.4 Å². The molecule has 0 radical (unpaired) electrons. The van der Waals surface area contributed by atoms with Crippen LogP contribution in [0.4, 0.5) is 0 Å². The van der Waals surface area contributed by atoms with E-state index >= 15 is 0 Å². The van der Waals surface area contributed by atoms with Gasteiger partial charge in [0.25, 0.3) is 0 Å². The molecule has 1 aliphatic heterocycles. The molecule has 13 heavy (non-hydrogen) atoms. The van der Waals surface area contributed by atoms with E-state index in [2.05, 4.69) is 27.1 Å². The monoisotopic (exact) mass is 171 g/mol. The molecule has 2 aliphatic rings. The Bertz CT molecular complexity index is 517. The second-order valence-corrected chi connectivity index (χ2v) is 3.16. The fourth-order valence-corrected chi connectivity index (χ4v) is 1.78.